The molecule has 0 N–H and O–H groups in total. The molecule has 1 aliphatic heterocycles. The van der Waals surface area contributed by atoms with Crippen molar-refractivity contribution >= 4 is 22.5 Å². The molecule has 200 valence electrons. The maximum absolute atomic E-state index is 7.62. The van der Waals surface area contributed by atoms with Gasteiger partial charge < -0.3 is 14.2 Å². The van der Waals surface area contributed by atoms with Crippen molar-refractivity contribution in [2.75, 3.05) is 14.2 Å². The molecular formula is C37H29NO3. The summed E-state index contributed by atoms with van der Waals surface area (Å²) in [5.74, 6) is 2.44. The first kappa shape index (κ1) is 25.0. The van der Waals surface area contributed by atoms with Crippen molar-refractivity contribution < 1.29 is 14.2 Å². The molecule has 0 bridgehead atoms. The van der Waals surface area contributed by atoms with Crippen LogP contribution in [-0.4, -0.2) is 14.2 Å². The molecule has 0 aromatic heterocycles. The van der Waals surface area contributed by atoms with Crippen molar-refractivity contribution in [1.29, 1.82) is 0 Å². The highest BCUT2D eigenvalue weighted by molar-refractivity contribution is 6.08. The fourth-order valence-corrected chi connectivity index (χ4v) is 6.65. The lowest BCUT2D eigenvalue weighted by Crippen LogP contribution is -2.35. The van der Waals surface area contributed by atoms with Crippen LogP contribution < -0.4 is 14.2 Å². The van der Waals surface area contributed by atoms with E-state index in [1.807, 2.05) is 30.3 Å². The van der Waals surface area contributed by atoms with Gasteiger partial charge >= 0.3 is 0 Å². The van der Waals surface area contributed by atoms with Crippen molar-refractivity contribution in [3.05, 3.63) is 136 Å². The quantitative estimate of drug-likeness (QED) is 0.215. The van der Waals surface area contributed by atoms with Crippen LogP contribution in [0.2, 0.25) is 0 Å². The predicted molar refractivity (Wildman–Crippen MR) is 164 cm³/mol. The largest absolute Gasteiger partial charge is 0.497 e. The highest BCUT2D eigenvalue weighted by atomic mass is 16.5. The minimum absolute atomic E-state index is 0.312. The predicted octanol–water partition coefficient (Wildman–Crippen LogP) is 9.06. The average Bonchev–Trinajstić information content (AvgIpc) is 3.27. The molecule has 0 fully saturated rings. The number of hydrogen-bond acceptors (Lipinski definition) is 3. The van der Waals surface area contributed by atoms with Gasteiger partial charge in [-0.1, -0.05) is 86.7 Å². The highest BCUT2D eigenvalue weighted by Gasteiger charge is 2.44. The van der Waals surface area contributed by atoms with Crippen LogP contribution in [0.3, 0.4) is 0 Å². The molecule has 41 heavy (non-hydrogen) atoms. The third-order valence-electron chi connectivity index (χ3n) is 8.69. The summed E-state index contributed by atoms with van der Waals surface area (Å²) in [5.41, 5.74) is 7.39. The molecule has 0 radical (unpaired) electrons. The molecule has 0 saturated heterocycles. The molecule has 0 unspecified atom stereocenters. The van der Waals surface area contributed by atoms with E-state index in [2.05, 4.69) is 91.5 Å². The Bertz CT molecular complexity index is 1860. The van der Waals surface area contributed by atoms with Gasteiger partial charge in [-0.25, -0.2) is 4.85 Å². The van der Waals surface area contributed by atoms with Gasteiger partial charge in [-0.05, 0) is 58.0 Å². The number of methoxy groups -OCH3 is 2. The summed E-state index contributed by atoms with van der Waals surface area (Å²) in [6, 6.07) is 30.8. The first-order chi connectivity index (χ1) is 19.9. The minimum Gasteiger partial charge on any atom is -0.497 e. The monoisotopic (exact) mass is 535 g/mol. The van der Waals surface area contributed by atoms with Gasteiger partial charge in [-0.2, -0.15) is 0 Å². The van der Waals surface area contributed by atoms with E-state index in [0.717, 1.165) is 44.7 Å². The normalized spacial score (nSPS) is 15.3. The Balaban J connectivity index is 1.52. The fourth-order valence-electron chi connectivity index (χ4n) is 6.65. The van der Waals surface area contributed by atoms with E-state index in [-0.39, 0.29) is 5.41 Å². The van der Waals surface area contributed by atoms with Gasteiger partial charge in [0.1, 0.15) is 17.2 Å². The number of ether oxygens (including phenoxy) is 3. The number of fused-ring (bicyclic) bond motifs is 8. The molecule has 1 heterocycles. The first-order valence-corrected chi connectivity index (χ1v) is 13.7. The lowest BCUT2D eigenvalue weighted by atomic mass is 9.76. The van der Waals surface area contributed by atoms with Crippen LogP contribution in [0.15, 0.2) is 97.1 Å². The van der Waals surface area contributed by atoms with Gasteiger partial charge in [0.2, 0.25) is 0 Å². The van der Waals surface area contributed by atoms with E-state index in [0.29, 0.717) is 5.69 Å². The molecule has 1 aliphatic carbocycles. The van der Waals surface area contributed by atoms with Crippen molar-refractivity contribution in [2.45, 2.75) is 24.9 Å². The van der Waals surface area contributed by atoms with Crippen molar-refractivity contribution in [2.24, 2.45) is 0 Å². The maximum atomic E-state index is 7.62. The summed E-state index contributed by atoms with van der Waals surface area (Å²) in [6.45, 7) is 12.1. The number of benzene rings is 5. The van der Waals surface area contributed by atoms with E-state index in [9.17, 15) is 0 Å². The second kappa shape index (κ2) is 9.01. The molecule has 0 amide bonds. The van der Waals surface area contributed by atoms with E-state index >= 15 is 0 Å². The highest BCUT2D eigenvalue weighted by Crippen LogP contribution is 2.58. The van der Waals surface area contributed by atoms with Gasteiger partial charge in [0.25, 0.3) is 0 Å². The summed E-state index contributed by atoms with van der Waals surface area (Å²) in [6.07, 6.45) is 4.42. The molecular weight excluding hydrogens is 506 g/mol. The zero-order valence-corrected chi connectivity index (χ0v) is 23.5. The van der Waals surface area contributed by atoms with Crippen LogP contribution >= 0.6 is 0 Å². The van der Waals surface area contributed by atoms with E-state index in [1.54, 1.807) is 14.2 Å². The van der Waals surface area contributed by atoms with E-state index < -0.39 is 5.60 Å². The van der Waals surface area contributed by atoms with Crippen LogP contribution in [0.1, 0.15) is 41.7 Å². The van der Waals surface area contributed by atoms with Crippen LogP contribution in [0.25, 0.3) is 32.8 Å². The van der Waals surface area contributed by atoms with Gasteiger partial charge in [0.05, 0.1) is 20.8 Å². The topological polar surface area (TPSA) is 32.0 Å². The molecule has 4 heteroatoms. The smallest absolute Gasteiger partial charge is 0.187 e. The summed E-state index contributed by atoms with van der Waals surface area (Å²) in [4.78, 5) is 3.73. The van der Waals surface area contributed by atoms with Crippen LogP contribution in [0, 0.1) is 6.57 Å². The maximum Gasteiger partial charge on any atom is 0.187 e. The minimum atomic E-state index is -0.866. The summed E-state index contributed by atoms with van der Waals surface area (Å²) in [5, 5.41) is 2.22. The fraction of sp³-hybridized carbons (Fsp3) is 0.162. The second-order valence-corrected chi connectivity index (χ2v) is 11.1. The number of nitrogens with zero attached hydrogens (tertiary/aromatic N) is 1. The summed E-state index contributed by atoms with van der Waals surface area (Å²) in [7, 11) is 3.35. The summed E-state index contributed by atoms with van der Waals surface area (Å²) >= 11 is 0. The van der Waals surface area contributed by atoms with Crippen LogP contribution in [-0.2, 0) is 11.0 Å². The van der Waals surface area contributed by atoms with Crippen molar-refractivity contribution in [3.8, 4) is 28.4 Å². The van der Waals surface area contributed by atoms with Gasteiger partial charge in [0, 0.05) is 27.5 Å². The Kier molecular flexibility index (Phi) is 5.49. The second-order valence-electron chi connectivity index (χ2n) is 11.1. The Morgan fingerprint density at radius 2 is 1.37 bits per heavy atom. The van der Waals surface area contributed by atoms with Crippen LogP contribution in [0.5, 0.6) is 17.2 Å². The Hall–Kier alpha value is -5.01. The zero-order valence-electron chi connectivity index (χ0n) is 23.5. The standard InChI is InChI=1S/C37H29NO3/c1-36(2)32-22-25(38-3)14-19-30(32)33-28-8-6-7-9-29(28)35-31(34(33)36)20-21-37(41-35,23-10-15-26(39-4)16-11-23)24-12-17-27(40-5)18-13-24/h6-22H,1-2,4-5H3. The third kappa shape index (κ3) is 3.52. The van der Waals surface area contributed by atoms with E-state index in [1.165, 1.54) is 22.3 Å². The summed E-state index contributed by atoms with van der Waals surface area (Å²) < 4.78 is 18.2. The molecule has 5 aromatic rings. The average molecular weight is 536 g/mol. The Labute approximate surface area is 240 Å². The molecule has 0 atom stereocenters. The first-order valence-electron chi connectivity index (χ1n) is 13.7. The lowest BCUT2D eigenvalue weighted by Gasteiger charge is -2.38. The zero-order chi connectivity index (χ0) is 28.4. The molecule has 0 saturated carbocycles. The number of rotatable bonds is 4. The molecule has 7 rings (SSSR count). The third-order valence-corrected chi connectivity index (χ3v) is 8.69. The lowest BCUT2D eigenvalue weighted by molar-refractivity contribution is 0.163. The Morgan fingerprint density at radius 1 is 0.756 bits per heavy atom. The van der Waals surface area contributed by atoms with Gasteiger partial charge in [-0.3, -0.25) is 0 Å². The van der Waals surface area contributed by atoms with Crippen molar-refractivity contribution in [3.63, 3.8) is 0 Å². The van der Waals surface area contributed by atoms with Gasteiger partial charge in [-0.15, -0.1) is 0 Å². The van der Waals surface area contributed by atoms with Gasteiger partial charge in [0.15, 0.2) is 11.3 Å². The molecule has 2 aliphatic rings. The Morgan fingerprint density at radius 3 is 1.95 bits per heavy atom. The molecule has 4 nitrogen and oxygen atoms in total. The SMILES string of the molecule is [C-]#[N+]c1ccc2c(c1)C(C)(C)c1c3c(c4ccccc4c1-2)OC(c1ccc(OC)cc1)(c1ccc(OC)cc1)C=C3. The molecule has 0 spiro atoms. The molecule has 5 aromatic carbocycles. The van der Waals surface area contributed by atoms with Crippen LogP contribution in [0.4, 0.5) is 5.69 Å². The van der Waals surface area contributed by atoms with E-state index in [4.69, 9.17) is 20.8 Å². The van der Waals surface area contributed by atoms with Crippen molar-refractivity contribution in [1.82, 2.24) is 0 Å². The number of hydrogen-bond donors (Lipinski definition) is 0.